The molecule has 5 heteroatoms. The van der Waals surface area contributed by atoms with Gasteiger partial charge in [0, 0.05) is 6.42 Å². The maximum absolute atomic E-state index is 11.7. The number of nitrogens with one attached hydrogen (secondary N) is 1. The third-order valence-corrected chi connectivity index (χ3v) is 2.19. The summed E-state index contributed by atoms with van der Waals surface area (Å²) >= 11 is 0. The molecule has 1 atom stereocenters. The zero-order valence-corrected chi connectivity index (χ0v) is 9.32. The zero-order valence-electron chi connectivity index (χ0n) is 9.32. The Morgan fingerprint density at radius 3 is 2.81 bits per heavy atom. The molecule has 0 aliphatic heterocycles. The summed E-state index contributed by atoms with van der Waals surface area (Å²) in [6, 6.07) is 0.645. The van der Waals surface area contributed by atoms with Crippen LogP contribution in [-0.2, 0) is 11.2 Å². The highest BCUT2D eigenvalue weighted by Gasteiger charge is 2.18. The van der Waals surface area contributed by atoms with E-state index < -0.39 is 17.9 Å². The van der Waals surface area contributed by atoms with Crippen molar-refractivity contribution in [3.8, 4) is 0 Å². The van der Waals surface area contributed by atoms with E-state index >= 15 is 0 Å². The van der Waals surface area contributed by atoms with E-state index in [1.807, 2.05) is 6.92 Å². The Bertz CT molecular complexity index is 383. The Morgan fingerprint density at radius 1 is 1.56 bits per heavy atom. The molecule has 0 saturated heterocycles. The Balaban J connectivity index is 2.72. The molecule has 0 fully saturated rings. The van der Waals surface area contributed by atoms with E-state index in [-0.39, 0.29) is 0 Å². The van der Waals surface area contributed by atoms with Gasteiger partial charge in [0.15, 0.2) is 0 Å². The molecule has 1 rings (SSSR count). The first kappa shape index (κ1) is 12.3. The van der Waals surface area contributed by atoms with Crippen LogP contribution in [0.25, 0.3) is 0 Å². The molecule has 0 aliphatic carbocycles. The van der Waals surface area contributed by atoms with Gasteiger partial charge in [-0.15, -0.1) is 0 Å². The van der Waals surface area contributed by atoms with Gasteiger partial charge in [0.05, 0.1) is 11.8 Å². The maximum atomic E-state index is 11.7. The van der Waals surface area contributed by atoms with Gasteiger partial charge < -0.3 is 14.8 Å². The summed E-state index contributed by atoms with van der Waals surface area (Å²) in [6.07, 6.45) is 2.96. The van der Waals surface area contributed by atoms with E-state index in [0.717, 1.165) is 6.42 Å². The van der Waals surface area contributed by atoms with Gasteiger partial charge in [-0.05, 0) is 19.4 Å². The Kier molecular flexibility index (Phi) is 4.10. The minimum absolute atomic E-state index is 0.410. The van der Waals surface area contributed by atoms with Gasteiger partial charge in [0.2, 0.25) is 0 Å². The molecule has 1 amide bonds. The maximum Gasteiger partial charge on any atom is 0.325 e. The molecule has 0 aromatic carbocycles. The van der Waals surface area contributed by atoms with Gasteiger partial charge in [-0.3, -0.25) is 9.59 Å². The number of aliphatic carboxylic acids is 1. The van der Waals surface area contributed by atoms with E-state index in [4.69, 9.17) is 9.52 Å². The van der Waals surface area contributed by atoms with Crippen LogP contribution in [0.1, 0.15) is 36.4 Å². The van der Waals surface area contributed by atoms with Gasteiger partial charge >= 0.3 is 5.97 Å². The number of carbonyl (C=O) groups is 2. The van der Waals surface area contributed by atoms with E-state index in [0.29, 0.717) is 17.7 Å². The van der Waals surface area contributed by atoms with Crippen LogP contribution in [0.15, 0.2) is 16.7 Å². The Hall–Kier alpha value is -1.78. The number of carbonyl (C=O) groups excluding carboxylic acids is 1. The molecule has 1 aromatic rings. The number of rotatable bonds is 5. The lowest BCUT2D eigenvalue weighted by molar-refractivity contribution is -0.138. The normalized spacial score (nSPS) is 12.1. The number of carboxylic acid groups (broad SMARTS) is 1. The molecule has 16 heavy (non-hydrogen) atoms. The first-order chi connectivity index (χ1) is 7.56. The second kappa shape index (κ2) is 5.34. The molecule has 0 unspecified atom stereocenters. The van der Waals surface area contributed by atoms with Gasteiger partial charge in [0.25, 0.3) is 5.91 Å². The molecule has 0 radical (unpaired) electrons. The second-order valence-electron chi connectivity index (χ2n) is 3.54. The standard InChI is InChI=1S/C11H15NO4/c1-3-4-9-8(5-6-16-9)10(13)12-7(2)11(14)15/h5-7H,3-4H2,1-2H3,(H,12,13)(H,14,15)/t7-/m1/s1. The summed E-state index contributed by atoms with van der Waals surface area (Å²) in [5, 5.41) is 11.0. The highest BCUT2D eigenvalue weighted by Crippen LogP contribution is 2.12. The van der Waals surface area contributed by atoms with Crippen molar-refractivity contribution in [3.63, 3.8) is 0 Å². The molecular weight excluding hydrogens is 210 g/mol. The summed E-state index contributed by atoms with van der Waals surface area (Å²) in [6.45, 7) is 3.39. The monoisotopic (exact) mass is 225 g/mol. The molecule has 2 N–H and O–H groups in total. The summed E-state index contributed by atoms with van der Waals surface area (Å²) in [5.74, 6) is -0.876. The van der Waals surface area contributed by atoms with Gasteiger partial charge in [0.1, 0.15) is 11.8 Å². The molecule has 0 aliphatic rings. The van der Waals surface area contributed by atoms with Crippen LogP contribution >= 0.6 is 0 Å². The predicted molar refractivity (Wildman–Crippen MR) is 57.3 cm³/mol. The van der Waals surface area contributed by atoms with E-state index in [1.54, 1.807) is 6.07 Å². The third kappa shape index (κ3) is 2.85. The average Bonchev–Trinajstić information content (AvgIpc) is 2.66. The lowest BCUT2D eigenvalue weighted by Crippen LogP contribution is -2.38. The van der Waals surface area contributed by atoms with Gasteiger partial charge in [-0.2, -0.15) is 0 Å². The fourth-order valence-corrected chi connectivity index (χ4v) is 1.30. The molecule has 1 heterocycles. The van der Waals surface area contributed by atoms with Crippen LogP contribution in [0.2, 0.25) is 0 Å². The van der Waals surface area contributed by atoms with Crippen molar-refractivity contribution >= 4 is 11.9 Å². The largest absolute Gasteiger partial charge is 0.480 e. The number of amides is 1. The first-order valence-electron chi connectivity index (χ1n) is 5.16. The zero-order chi connectivity index (χ0) is 12.1. The van der Waals surface area contributed by atoms with Gasteiger partial charge in [-0.1, -0.05) is 6.92 Å². The summed E-state index contributed by atoms with van der Waals surface area (Å²) in [4.78, 5) is 22.3. The number of hydrogen-bond donors (Lipinski definition) is 2. The summed E-state index contributed by atoms with van der Waals surface area (Å²) < 4.78 is 5.16. The van der Waals surface area contributed by atoms with E-state index in [1.165, 1.54) is 13.2 Å². The van der Waals surface area contributed by atoms with Crippen molar-refractivity contribution in [2.75, 3.05) is 0 Å². The second-order valence-corrected chi connectivity index (χ2v) is 3.54. The van der Waals surface area contributed by atoms with Crippen LogP contribution in [0.3, 0.4) is 0 Å². The summed E-state index contributed by atoms with van der Waals surface area (Å²) in [7, 11) is 0. The van der Waals surface area contributed by atoms with Crippen molar-refractivity contribution in [1.29, 1.82) is 0 Å². The van der Waals surface area contributed by atoms with Crippen molar-refractivity contribution in [2.24, 2.45) is 0 Å². The molecule has 5 nitrogen and oxygen atoms in total. The third-order valence-electron chi connectivity index (χ3n) is 2.19. The predicted octanol–water partition coefficient (Wildman–Crippen LogP) is 1.44. The van der Waals surface area contributed by atoms with Crippen LogP contribution in [0, 0.1) is 0 Å². The van der Waals surface area contributed by atoms with Crippen LogP contribution in [0.5, 0.6) is 0 Å². The summed E-state index contributed by atoms with van der Waals surface area (Å²) in [5.41, 5.74) is 0.412. The number of carboxylic acids is 1. The van der Waals surface area contributed by atoms with Crippen LogP contribution in [-0.4, -0.2) is 23.0 Å². The fourth-order valence-electron chi connectivity index (χ4n) is 1.30. The lowest BCUT2D eigenvalue weighted by Gasteiger charge is -2.08. The van der Waals surface area contributed by atoms with Crippen LogP contribution < -0.4 is 5.32 Å². The highest BCUT2D eigenvalue weighted by molar-refractivity contribution is 5.97. The molecular formula is C11H15NO4. The topological polar surface area (TPSA) is 79.5 Å². The fraction of sp³-hybridized carbons (Fsp3) is 0.455. The first-order valence-corrected chi connectivity index (χ1v) is 5.16. The number of furan rings is 1. The molecule has 0 saturated carbocycles. The van der Waals surface area contributed by atoms with E-state index in [2.05, 4.69) is 5.32 Å². The van der Waals surface area contributed by atoms with Crippen molar-refractivity contribution in [2.45, 2.75) is 32.7 Å². The Morgan fingerprint density at radius 2 is 2.25 bits per heavy atom. The number of aryl methyl sites for hydroxylation is 1. The molecule has 0 spiro atoms. The molecule has 1 aromatic heterocycles. The van der Waals surface area contributed by atoms with Crippen molar-refractivity contribution < 1.29 is 19.1 Å². The number of hydrogen-bond acceptors (Lipinski definition) is 3. The molecule has 88 valence electrons. The minimum Gasteiger partial charge on any atom is -0.480 e. The van der Waals surface area contributed by atoms with Crippen molar-refractivity contribution in [1.82, 2.24) is 5.32 Å². The Labute approximate surface area is 93.4 Å². The average molecular weight is 225 g/mol. The smallest absolute Gasteiger partial charge is 0.325 e. The minimum atomic E-state index is -1.06. The lowest BCUT2D eigenvalue weighted by atomic mass is 10.1. The highest BCUT2D eigenvalue weighted by atomic mass is 16.4. The van der Waals surface area contributed by atoms with E-state index in [9.17, 15) is 9.59 Å². The molecule has 0 bridgehead atoms. The van der Waals surface area contributed by atoms with Crippen molar-refractivity contribution in [3.05, 3.63) is 23.7 Å². The van der Waals surface area contributed by atoms with Gasteiger partial charge in [-0.25, -0.2) is 0 Å². The van der Waals surface area contributed by atoms with Crippen LogP contribution in [0.4, 0.5) is 0 Å². The SMILES string of the molecule is CCCc1occc1C(=O)N[C@H](C)C(=O)O. The quantitative estimate of drug-likeness (QED) is 0.794.